The lowest BCUT2D eigenvalue weighted by Gasteiger charge is -2.60. The molecule has 2 saturated carbocycles. The van der Waals surface area contributed by atoms with Crippen LogP contribution >= 0.6 is 0 Å². The van der Waals surface area contributed by atoms with E-state index in [4.69, 9.17) is 9.47 Å². The van der Waals surface area contributed by atoms with Gasteiger partial charge in [-0.25, -0.2) is 0 Å². The van der Waals surface area contributed by atoms with Crippen LogP contribution in [0.4, 0.5) is 0 Å². The number of fused-ring (bicyclic) bond motifs is 2. The highest BCUT2D eigenvalue weighted by atomic mass is 16.7. The molecule has 1 N–H and O–H groups in total. The maximum atomic E-state index is 12.6. The fourth-order valence-corrected chi connectivity index (χ4v) is 6.18. The summed E-state index contributed by atoms with van der Waals surface area (Å²) < 4.78 is 10.8. The molecule has 1 aliphatic heterocycles. The summed E-state index contributed by atoms with van der Waals surface area (Å²) in [4.78, 5) is 12.6. The van der Waals surface area contributed by atoms with Gasteiger partial charge >= 0.3 is 0 Å². The number of allylic oxidation sites excluding steroid dienone is 3. The van der Waals surface area contributed by atoms with Gasteiger partial charge in [0.05, 0.1) is 5.60 Å². The Balaban J connectivity index is 1.75. The highest BCUT2D eigenvalue weighted by molar-refractivity contribution is 6.08. The molecule has 0 bridgehead atoms. The molecule has 0 radical (unpaired) electrons. The molecule has 3 fully saturated rings. The number of rotatable bonds is 1. The molecule has 0 amide bonds. The molecule has 1 saturated heterocycles. The van der Waals surface area contributed by atoms with Crippen molar-refractivity contribution < 1.29 is 19.4 Å². The van der Waals surface area contributed by atoms with Crippen LogP contribution in [-0.2, 0) is 14.3 Å². The van der Waals surface area contributed by atoms with E-state index in [-0.39, 0.29) is 29.3 Å². The summed E-state index contributed by atoms with van der Waals surface area (Å²) in [6.45, 7) is 9.16. The second kappa shape index (κ2) is 5.72. The highest BCUT2D eigenvalue weighted by Gasteiger charge is 2.57. The normalized spacial score (nSPS) is 43.0. The van der Waals surface area contributed by atoms with Gasteiger partial charge in [0, 0.05) is 17.6 Å². The lowest BCUT2D eigenvalue weighted by molar-refractivity contribution is -0.149. The van der Waals surface area contributed by atoms with Gasteiger partial charge in [0.1, 0.15) is 0 Å². The Morgan fingerprint density at radius 2 is 1.77 bits per heavy atom. The third-order valence-corrected chi connectivity index (χ3v) is 7.45. The van der Waals surface area contributed by atoms with Gasteiger partial charge in [0.25, 0.3) is 0 Å². The van der Waals surface area contributed by atoms with Crippen molar-refractivity contribution in [1.29, 1.82) is 0 Å². The summed E-state index contributed by atoms with van der Waals surface area (Å²) >= 11 is 0. The second-order valence-corrected chi connectivity index (χ2v) is 9.68. The molecule has 3 aliphatic carbocycles. The molecule has 142 valence electrons. The third-order valence-electron chi connectivity index (χ3n) is 7.45. The van der Waals surface area contributed by atoms with Crippen molar-refractivity contribution in [2.45, 2.75) is 65.4 Å². The van der Waals surface area contributed by atoms with Gasteiger partial charge in [-0.1, -0.05) is 33.3 Å². The van der Waals surface area contributed by atoms with Crippen LogP contribution < -0.4 is 0 Å². The van der Waals surface area contributed by atoms with Gasteiger partial charge in [0.15, 0.2) is 17.3 Å². The first-order chi connectivity index (χ1) is 12.1. The first kappa shape index (κ1) is 17.8. The molecule has 4 rings (SSSR count). The minimum absolute atomic E-state index is 0.00763. The van der Waals surface area contributed by atoms with Crippen molar-refractivity contribution in [2.24, 2.45) is 22.7 Å². The van der Waals surface area contributed by atoms with Crippen molar-refractivity contribution in [3.8, 4) is 0 Å². The molecule has 0 aromatic heterocycles. The van der Waals surface area contributed by atoms with E-state index in [9.17, 15) is 9.90 Å². The standard InChI is InChI=1S/C22H30O4/c1-20(2)7-5-8-21(3)18(20)6-9-22(4,24)19(21)11-14-10-16-17(12-15(14)23)26-13-25-16/h10-12,18-19,24H,5-9,13H2,1-4H3/b14-11-/t18-,19+,21-,22+/m0/s1. The van der Waals surface area contributed by atoms with Crippen molar-refractivity contribution in [1.82, 2.24) is 0 Å². The predicted octanol–water partition coefficient (Wildman–Crippen LogP) is 4.26. The van der Waals surface area contributed by atoms with E-state index < -0.39 is 5.60 Å². The van der Waals surface area contributed by atoms with E-state index in [1.54, 1.807) is 6.08 Å². The van der Waals surface area contributed by atoms with Gasteiger partial charge in [-0.15, -0.1) is 0 Å². The van der Waals surface area contributed by atoms with Gasteiger partial charge in [0.2, 0.25) is 6.79 Å². The van der Waals surface area contributed by atoms with Crippen LogP contribution in [0.1, 0.15) is 59.8 Å². The molecule has 0 spiro atoms. The van der Waals surface area contributed by atoms with Crippen LogP contribution in [0.5, 0.6) is 0 Å². The van der Waals surface area contributed by atoms with Crippen LogP contribution in [0, 0.1) is 22.7 Å². The summed E-state index contributed by atoms with van der Waals surface area (Å²) in [6.07, 6.45) is 10.6. The van der Waals surface area contributed by atoms with E-state index in [0.717, 1.165) is 19.3 Å². The largest absolute Gasteiger partial charge is 0.454 e. The summed E-state index contributed by atoms with van der Waals surface area (Å²) in [5.41, 5.74) is 0.0724. The monoisotopic (exact) mass is 358 g/mol. The van der Waals surface area contributed by atoms with E-state index >= 15 is 0 Å². The lowest BCUT2D eigenvalue weighted by atomic mass is 9.45. The van der Waals surface area contributed by atoms with Crippen molar-refractivity contribution in [2.75, 3.05) is 6.79 Å². The minimum Gasteiger partial charge on any atom is -0.454 e. The van der Waals surface area contributed by atoms with Crippen LogP contribution in [0.25, 0.3) is 0 Å². The first-order valence-electron chi connectivity index (χ1n) is 9.81. The molecule has 0 aromatic carbocycles. The number of hydrogen-bond donors (Lipinski definition) is 1. The third kappa shape index (κ3) is 2.65. The molecule has 4 heteroatoms. The molecular formula is C22H30O4. The topological polar surface area (TPSA) is 55.8 Å². The molecular weight excluding hydrogens is 328 g/mol. The molecule has 26 heavy (non-hydrogen) atoms. The molecule has 0 aromatic rings. The molecule has 0 unspecified atom stereocenters. The Bertz CT molecular complexity index is 724. The lowest BCUT2D eigenvalue weighted by Crippen LogP contribution is -2.57. The average Bonchev–Trinajstić information content (AvgIpc) is 2.97. The Morgan fingerprint density at radius 1 is 1.08 bits per heavy atom. The van der Waals surface area contributed by atoms with Gasteiger partial charge in [-0.2, -0.15) is 0 Å². The summed E-state index contributed by atoms with van der Waals surface area (Å²) in [5.74, 6) is 1.57. The zero-order valence-electron chi connectivity index (χ0n) is 16.3. The Labute approximate surface area is 155 Å². The van der Waals surface area contributed by atoms with Gasteiger partial charge < -0.3 is 14.6 Å². The van der Waals surface area contributed by atoms with E-state index in [1.807, 2.05) is 13.0 Å². The molecule has 4 atom stereocenters. The summed E-state index contributed by atoms with van der Waals surface area (Å²) in [7, 11) is 0. The molecule has 1 heterocycles. The van der Waals surface area contributed by atoms with Crippen LogP contribution in [0.15, 0.2) is 35.3 Å². The number of carbonyl (C=O) groups excluding carboxylic acids is 1. The van der Waals surface area contributed by atoms with Crippen LogP contribution in [0.2, 0.25) is 0 Å². The zero-order chi connectivity index (χ0) is 18.7. The minimum atomic E-state index is -0.804. The Hall–Kier alpha value is -1.55. The number of carbonyl (C=O) groups is 1. The zero-order valence-corrected chi connectivity index (χ0v) is 16.3. The molecule has 4 nitrogen and oxygen atoms in total. The van der Waals surface area contributed by atoms with E-state index in [2.05, 4.69) is 20.8 Å². The van der Waals surface area contributed by atoms with Crippen LogP contribution in [-0.4, -0.2) is 23.3 Å². The Kier molecular flexibility index (Phi) is 3.93. The quantitative estimate of drug-likeness (QED) is 0.712. The van der Waals surface area contributed by atoms with Crippen molar-refractivity contribution in [3.63, 3.8) is 0 Å². The predicted molar refractivity (Wildman–Crippen MR) is 98.9 cm³/mol. The fourth-order valence-electron chi connectivity index (χ4n) is 6.18. The van der Waals surface area contributed by atoms with Crippen molar-refractivity contribution in [3.05, 3.63) is 35.3 Å². The average molecular weight is 358 g/mol. The van der Waals surface area contributed by atoms with E-state index in [0.29, 0.717) is 23.0 Å². The highest BCUT2D eigenvalue weighted by Crippen LogP contribution is 2.62. The van der Waals surface area contributed by atoms with Gasteiger partial charge in [-0.05, 0) is 55.4 Å². The van der Waals surface area contributed by atoms with Crippen LogP contribution in [0.3, 0.4) is 0 Å². The summed E-state index contributed by atoms with van der Waals surface area (Å²) in [6, 6.07) is 0. The SMILES string of the molecule is CC1(C)CCC[C@]2(C)[C@@H](/C=C3/C=C4OCOC4=CC3=O)[C@](C)(O)CC[C@@H]12. The summed E-state index contributed by atoms with van der Waals surface area (Å²) in [5, 5.41) is 11.3. The van der Waals surface area contributed by atoms with E-state index in [1.165, 1.54) is 18.9 Å². The fraction of sp³-hybridized carbons (Fsp3) is 0.682. The van der Waals surface area contributed by atoms with Crippen molar-refractivity contribution >= 4 is 5.78 Å². The molecule has 4 aliphatic rings. The maximum Gasteiger partial charge on any atom is 0.231 e. The smallest absolute Gasteiger partial charge is 0.231 e. The number of hydrogen-bond acceptors (Lipinski definition) is 4. The first-order valence-corrected chi connectivity index (χ1v) is 9.81. The number of ether oxygens (including phenoxy) is 2. The second-order valence-electron chi connectivity index (χ2n) is 9.68. The Morgan fingerprint density at radius 3 is 2.50 bits per heavy atom. The maximum absolute atomic E-state index is 12.6. The van der Waals surface area contributed by atoms with Gasteiger partial charge in [-0.3, -0.25) is 4.79 Å². The number of ketones is 1. The number of aliphatic hydroxyl groups is 1.